The molecule has 16 heavy (non-hydrogen) atoms. The summed E-state index contributed by atoms with van der Waals surface area (Å²) in [5, 5.41) is 0. The van der Waals surface area contributed by atoms with Gasteiger partial charge in [-0.15, -0.1) is 0 Å². The molecule has 2 bridgehead atoms. The lowest BCUT2D eigenvalue weighted by atomic mass is 9.82. The van der Waals surface area contributed by atoms with E-state index in [0.29, 0.717) is 5.91 Å². The Labute approximate surface area is 97.8 Å². The first-order valence-corrected chi connectivity index (χ1v) is 6.71. The molecule has 3 aliphatic heterocycles. The summed E-state index contributed by atoms with van der Waals surface area (Å²) in [4.78, 5) is 17.2. The van der Waals surface area contributed by atoms with Crippen LogP contribution in [-0.2, 0) is 4.79 Å². The minimum absolute atomic E-state index is 0.0284. The Morgan fingerprint density at radius 1 is 1.12 bits per heavy atom. The van der Waals surface area contributed by atoms with Crippen molar-refractivity contribution in [3.05, 3.63) is 0 Å². The van der Waals surface area contributed by atoms with Gasteiger partial charge in [0.25, 0.3) is 0 Å². The van der Waals surface area contributed by atoms with Crippen molar-refractivity contribution in [2.24, 2.45) is 11.3 Å². The SMILES string of the molecule is CC1CCN(C(=O)C23CCN(CC2)C3)CC1. The summed E-state index contributed by atoms with van der Waals surface area (Å²) in [7, 11) is 0. The smallest absolute Gasteiger partial charge is 0.230 e. The van der Waals surface area contributed by atoms with Crippen molar-refractivity contribution >= 4 is 5.91 Å². The van der Waals surface area contributed by atoms with Crippen LogP contribution >= 0.6 is 0 Å². The summed E-state index contributed by atoms with van der Waals surface area (Å²) < 4.78 is 0. The minimum Gasteiger partial charge on any atom is -0.342 e. The molecule has 0 radical (unpaired) electrons. The topological polar surface area (TPSA) is 23.6 Å². The average Bonchev–Trinajstić information content (AvgIpc) is 2.90. The molecule has 3 fully saturated rings. The molecule has 3 heteroatoms. The first-order chi connectivity index (χ1) is 7.70. The highest BCUT2D eigenvalue weighted by molar-refractivity contribution is 5.84. The van der Waals surface area contributed by atoms with Crippen LogP contribution in [0.15, 0.2) is 0 Å². The fourth-order valence-electron chi connectivity index (χ4n) is 3.55. The molecule has 0 unspecified atom stereocenters. The number of rotatable bonds is 1. The van der Waals surface area contributed by atoms with Gasteiger partial charge < -0.3 is 9.80 Å². The van der Waals surface area contributed by atoms with Gasteiger partial charge in [-0.05, 0) is 44.7 Å². The number of carbonyl (C=O) groups is 1. The standard InChI is InChI=1S/C13H22N2O/c1-11-2-6-15(7-3-11)12(16)13-4-8-14(10-13)9-5-13/h11H,2-10H2,1H3. The number of nitrogens with zero attached hydrogens (tertiary/aromatic N) is 2. The third-order valence-corrected chi connectivity index (χ3v) is 4.86. The van der Waals surface area contributed by atoms with Crippen molar-refractivity contribution in [2.45, 2.75) is 32.6 Å². The van der Waals surface area contributed by atoms with Gasteiger partial charge in [0, 0.05) is 19.6 Å². The number of amides is 1. The van der Waals surface area contributed by atoms with E-state index in [1.54, 1.807) is 0 Å². The van der Waals surface area contributed by atoms with Gasteiger partial charge in [-0.25, -0.2) is 0 Å². The van der Waals surface area contributed by atoms with Crippen molar-refractivity contribution in [3.63, 3.8) is 0 Å². The Morgan fingerprint density at radius 2 is 1.75 bits per heavy atom. The Bertz CT molecular complexity index is 286. The van der Waals surface area contributed by atoms with E-state index in [4.69, 9.17) is 0 Å². The number of piperidine rings is 2. The van der Waals surface area contributed by atoms with E-state index in [9.17, 15) is 4.79 Å². The Hall–Kier alpha value is -0.570. The molecule has 0 aromatic carbocycles. The minimum atomic E-state index is 0.0284. The van der Waals surface area contributed by atoms with Gasteiger partial charge in [0.2, 0.25) is 5.91 Å². The molecule has 0 spiro atoms. The zero-order valence-corrected chi connectivity index (χ0v) is 10.2. The number of likely N-dealkylation sites (tertiary alicyclic amines) is 1. The van der Waals surface area contributed by atoms with E-state index in [1.807, 2.05) is 0 Å². The molecular formula is C13H22N2O. The van der Waals surface area contributed by atoms with Gasteiger partial charge in [-0.1, -0.05) is 6.92 Å². The molecule has 1 amide bonds. The molecule has 3 saturated heterocycles. The first-order valence-electron chi connectivity index (χ1n) is 6.71. The fraction of sp³-hybridized carbons (Fsp3) is 0.923. The second-order valence-corrected chi connectivity index (χ2v) is 6.03. The summed E-state index contributed by atoms with van der Waals surface area (Å²) in [5.74, 6) is 1.28. The van der Waals surface area contributed by atoms with Crippen LogP contribution in [0.1, 0.15) is 32.6 Å². The van der Waals surface area contributed by atoms with Gasteiger partial charge in [-0.3, -0.25) is 4.79 Å². The molecule has 0 atom stereocenters. The zero-order valence-electron chi connectivity index (χ0n) is 10.2. The fourth-order valence-corrected chi connectivity index (χ4v) is 3.55. The average molecular weight is 222 g/mol. The second-order valence-electron chi connectivity index (χ2n) is 6.03. The lowest BCUT2D eigenvalue weighted by molar-refractivity contribution is -0.142. The van der Waals surface area contributed by atoms with E-state index in [-0.39, 0.29) is 5.41 Å². The van der Waals surface area contributed by atoms with E-state index in [0.717, 1.165) is 51.5 Å². The van der Waals surface area contributed by atoms with Gasteiger partial charge in [0.05, 0.1) is 5.41 Å². The second kappa shape index (κ2) is 3.73. The van der Waals surface area contributed by atoms with E-state index < -0.39 is 0 Å². The lowest BCUT2D eigenvalue weighted by Crippen LogP contribution is -2.46. The zero-order chi connectivity index (χ0) is 11.2. The number of hydrogen-bond donors (Lipinski definition) is 0. The highest BCUT2D eigenvalue weighted by Gasteiger charge is 2.50. The molecule has 90 valence electrons. The van der Waals surface area contributed by atoms with Crippen molar-refractivity contribution < 1.29 is 4.79 Å². The van der Waals surface area contributed by atoms with Crippen molar-refractivity contribution in [1.29, 1.82) is 0 Å². The highest BCUT2D eigenvalue weighted by Crippen LogP contribution is 2.42. The third kappa shape index (κ3) is 1.56. The number of fused-ring (bicyclic) bond motifs is 2. The summed E-state index contributed by atoms with van der Waals surface area (Å²) in [6, 6.07) is 0. The third-order valence-electron chi connectivity index (χ3n) is 4.86. The number of carbonyl (C=O) groups excluding carboxylic acids is 1. The number of hydrogen-bond acceptors (Lipinski definition) is 2. The van der Waals surface area contributed by atoms with Gasteiger partial charge in [0.15, 0.2) is 0 Å². The largest absolute Gasteiger partial charge is 0.342 e. The molecule has 0 N–H and O–H groups in total. The maximum Gasteiger partial charge on any atom is 0.230 e. The Balaban J connectivity index is 1.68. The monoisotopic (exact) mass is 222 g/mol. The molecule has 3 rings (SSSR count). The Kier molecular flexibility index (Phi) is 2.46. The van der Waals surface area contributed by atoms with E-state index in [1.165, 1.54) is 12.8 Å². The maximum atomic E-state index is 12.6. The molecule has 0 saturated carbocycles. The maximum absolute atomic E-state index is 12.6. The molecular weight excluding hydrogens is 200 g/mol. The lowest BCUT2D eigenvalue weighted by Gasteiger charge is -2.36. The summed E-state index contributed by atoms with van der Waals surface area (Å²) in [6.07, 6.45) is 4.62. The van der Waals surface area contributed by atoms with Gasteiger partial charge in [0.1, 0.15) is 0 Å². The van der Waals surface area contributed by atoms with E-state index >= 15 is 0 Å². The van der Waals surface area contributed by atoms with Gasteiger partial charge >= 0.3 is 0 Å². The van der Waals surface area contributed by atoms with Crippen LogP contribution in [0.25, 0.3) is 0 Å². The summed E-state index contributed by atoms with van der Waals surface area (Å²) in [5.41, 5.74) is 0.0284. The summed E-state index contributed by atoms with van der Waals surface area (Å²) >= 11 is 0. The molecule has 3 nitrogen and oxygen atoms in total. The predicted molar refractivity (Wildman–Crippen MR) is 63.1 cm³/mol. The van der Waals surface area contributed by atoms with Crippen LogP contribution in [-0.4, -0.2) is 48.4 Å². The Morgan fingerprint density at radius 3 is 2.25 bits per heavy atom. The molecule has 0 aromatic heterocycles. The van der Waals surface area contributed by atoms with E-state index in [2.05, 4.69) is 16.7 Å². The quantitative estimate of drug-likeness (QED) is 0.668. The molecule has 0 aliphatic carbocycles. The van der Waals surface area contributed by atoms with Crippen LogP contribution in [0, 0.1) is 11.3 Å². The van der Waals surface area contributed by atoms with Crippen LogP contribution in [0.4, 0.5) is 0 Å². The molecule has 0 aromatic rings. The normalized spacial score (nSPS) is 39.3. The molecule has 3 aliphatic rings. The highest BCUT2D eigenvalue weighted by atomic mass is 16.2. The van der Waals surface area contributed by atoms with Crippen LogP contribution in [0.3, 0.4) is 0 Å². The van der Waals surface area contributed by atoms with Crippen molar-refractivity contribution in [1.82, 2.24) is 9.80 Å². The van der Waals surface area contributed by atoms with Crippen molar-refractivity contribution in [2.75, 3.05) is 32.7 Å². The molecule has 3 heterocycles. The summed E-state index contributed by atoms with van der Waals surface area (Å²) in [6.45, 7) is 7.64. The van der Waals surface area contributed by atoms with Crippen LogP contribution in [0.5, 0.6) is 0 Å². The first kappa shape index (κ1) is 10.6. The van der Waals surface area contributed by atoms with Crippen LogP contribution < -0.4 is 0 Å². The van der Waals surface area contributed by atoms with Crippen LogP contribution in [0.2, 0.25) is 0 Å². The van der Waals surface area contributed by atoms with Crippen molar-refractivity contribution in [3.8, 4) is 0 Å². The van der Waals surface area contributed by atoms with Gasteiger partial charge in [-0.2, -0.15) is 0 Å². The predicted octanol–water partition coefficient (Wildman–Crippen LogP) is 1.34.